The Balaban J connectivity index is 1.78. The van der Waals surface area contributed by atoms with E-state index in [9.17, 15) is 32.3 Å². The number of rotatable bonds is 6. The summed E-state index contributed by atoms with van der Waals surface area (Å²) in [6.45, 7) is 0.0446. The number of amides is 2. The van der Waals surface area contributed by atoms with E-state index in [1.54, 1.807) is 22.7 Å². The Morgan fingerprint density at radius 3 is 2.67 bits per heavy atom. The van der Waals surface area contributed by atoms with E-state index in [4.69, 9.17) is 0 Å². The summed E-state index contributed by atoms with van der Waals surface area (Å²) in [5, 5.41) is 10.7. The molecule has 36 heavy (non-hydrogen) atoms. The third-order valence-electron chi connectivity index (χ3n) is 5.72. The zero-order valence-corrected chi connectivity index (χ0v) is 20.9. The van der Waals surface area contributed by atoms with Gasteiger partial charge in [0.15, 0.2) is 15.6 Å². The van der Waals surface area contributed by atoms with Crippen LogP contribution in [0.15, 0.2) is 46.2 Å². The monoisotopic (exact) mass is 534 g/mol. The van der Waals surface area contributed by atoms with Crippen molar-refractivity contribution in [3.8, 4) is 5.75 Å². The van der Waals surface area contributed by atoms with Crippen LogP contribution in [-0.4, -0.2) is 82.5 Å². The number of aromatic hydroxyl groups is 1. The number of sulfone groups is 1. The number of aromatic amines is 1. The summed E-state index contributed by atoms with van der Waals surface area (Å²) in [5.41, 5.74) is -1.27. The molecular weight excluding hydrogens is 511 g/mol. The smallest absolute Gasteiger partial charge is 0.265 e. The minimum Gasteiger partial charge on any atom is -0.505 e. The summed E-state index contributed by atoms with van der Waals surface area (Å²) in [4.78, 5) is 48.1. The second-order valence-electron chi connectivity index (χ2n) is 8.26. The average Bonchev–Trinajstić information content (AvgIpc) is 2.84. The maximum atomic E-state index is 13.9. The molecule has 0 aliphatic carbocycles. The Bertz CT molecular complexity index is 1500. The van der Waals surface area contributed by atoms with Crippen LogP contribution in [0.3, 0.4) is 0 Å². The number of carbonyl (C=O) groups excluding carboxylic acids is 2. The van der Waals surface area contributed by atoms with Crippen LogP contribution in [-0.2, 0) is 21.2 Å². The summed E-state index contributed by atoms with van der Waals surface area (Å²) in [6.07, 6.45) is 2.28. The van der Waals surface area contributed by atoms with Crippen molar-refractivity contribution >= 4 is 44.4 Å². The van der Waals surface area contributed by atoms with Gasteiger partial charge in [0.2, 0.25) is 5.91 Å². The normalized spacial score (nSPS) is 14.1. The number of hydrogen-bond acceptors (Lipinski definition) is 8. The van der Waals surface area contributed by atoms with Crippen molar-refractivity contribution < 1.29 is 27.5 Å². The molecule has 0 atom stereocenters. The molecule has 3 aromatic rings. The Morgan fingerprint density at radius 1 is 1.25 bits per heavy atom. The fraction of sp³-hybridized carbons (Fsp3) is 0.304. The van der Waals surface area contributed by atoms with Crippen molar-refractivity contribution in [3.63, 3.8) is 0 Å². The van der Waals surface area contributed by atoms with Crippen molar-refractivity contribution in [2.45, 2.75) is 11.4 Å². The number of fused-ring (bicyclic) bond motifs is 1. The first-order chi connectivity index (χ1) is 17.1. The van der Waals surface area contributed by atoms with Gasteiger partial charge in [-0.3, -0.25) is 19.4 Å². The molecule has 1 aromatic carbocycles. The molecule has 0 bridgehead atoms. The third-order valence-corrected chi connectivity index (χ3v) is 7.85. The van der Waals surface area contributed by atoms with Gasteiger partial charge in [-0.1, -0.05) is 6.07 Å². The number of thioether (sulfide) groups is 1. The van der Waals surface area contributed by atoms with E-state index in [0.717, 1.165) is 34.8 Å². The number of nitrogens with one attached hydrogen (secondary N) is 1. The molecule has 1 fully saturated rings. The van der Waals surface area contributed by atoms with E-state index >= 15 is 0 Å². The van der Waals surface area contributed by atoms with Crippen LogP contribution in [0.5, 0.6) is 5.75 Å². The molecule has 2 N–H and O–H groups in total. The lowest BCUT2D eigenvalue weighted by atomic mass is 10.1. The van der Waals surface area contributed by atoms with Gasteiger partial charge in [0.1, 0.15) is 23.4 Å². The zero-order valence-electron chi connectivity index (χ0n) is 19.2. The first kappa shape index (κ1) is 25.6. The van der Waals surface area contributed by atoms with Crippen LogP contribution in [0.2, 0.25) is 0 Å². The molecule has 2 aromatic heterocycles. The molecule has 1 saturated heterocycles. The largest absolute Gasteiger partial charge is 0.505 e. The van der Waals surface area contributed by atoms with Crippen LogP contribution in [0.1, 0.15) is 15.9 Å². The summed E-state index contributed by atoms with van der Waals surface area (Å²) >= 11 is 1.69. The van der Waals surface area contributed by atoms with Crippen LogP contribution in [0.25, 0.3) is 11.0 Å². The highest BCUT2D eigenvalue weighted by Gasteiger charge is 2.30. The average molecular weight is 535 g/mol. The SMILES string of the molecule is CS(=O)(=O)c1cc(F)ccc1CN(CC(=O)N1CCSCC1)C(=O)c1c(O)c2ncccc2[nH]c1=O. The highest BCUT2D eigenvalue weighted by Crippen LogP contribution is 2.25. The molecule has 2 amide bonds. The molecular formula is C23H23FN4O6S2. The van der Waals surface area contributed by atoms with Gasteiger partial charge in [-0.15, -0.1) is 0 Å². The van der Waals surface area contributed by atoms with E-state index < -0.39 is 57.4 Å². The molecule has 1 aliphatic rings. The van der Waals surface area contributed by atoms with Crippen molar-refractivity contribution in [1.82, 2.24) is 19.8 Å². The number of nitrogens with zero attached hydrogens (tertiary/aromatic N) is 3. The number of aromatic nitrogens is 2. The van der Waals surface area contributed by atoms with Crippen molar-refractivity contribution in [3.05, 3.63) is 63.8 Å². The molecule has 0 saturated carbocycles. The maximum Gasteiger partial charge on any atom is 0.265 e. The van der Waals surface area contributed by atoms with E-state index in [1.165, 1.54) is 18.3 Å². The Morgan fingerprint density at radius 2 is 1.97 bits per heavy atom. The van der Waals surface area contributed by atoms with Gasteiger partial charge in [0.05, 0.1) is 10.4 Å². The van der Waals surface area contributed by atoms with Crippen molar-refractivity contribution in [2.75, 3.05) is 37.4 Å². The van der Waals surface area contributed by atoms with Gasteiger partial charge < -0.3 is 19.9 Å². The molecule has 0 spiro atoms. The fourth-order valence-corrected chi connectivity index (χ4v) is 5.79. The van der Waals surface area contributed by atoms with Gasteiger partial charge in [-0.2, -0.15) is 11.8 Å². The molecule has 3 heterocycles. The quantitative estimate of drug-likeness (QED) is 0.484. The number of hydrogen-bond donors (Lipinski definition) is 2. The molecule has 190 valence electrons. The van der Waals surface area contributed by atoms with Crippen molar-refractivity contribution in [2.24, 2.45) is 0 Å². The number of carbonyl (C=O) groups is 2. The Labute approximate surface area is 210 Å². The predicted octanol–water partition coefficient (Wildman–Crippen LogP) is 1.39. The first-order valence-corrected chi connectivity index (χ1v) is 13.9. The molecule has 0 unspecified atom stereocenters. The van der Waals surface area contributed by atoms with E-state index in [1.807, 2.05) is 0 Å². The zero-order chi connectivity index (χ0) is 26.0. The predicted molar refractivity (Wildman–Crippen MR) is 132 cm³/mol. The minimum atomic E-state index is -3.89. The minimum absolute atomic E-state index is 0.0154. The molecule has 13 heteroatoms. The third kappa shape index (κ3) is 5.36. The van der Waals surface area contributed by atoms with Crippen LogP contribution in [0.4, 0.5) is 4.39 Å². The standard InChI is InChI=1S/C23H23FN4O6S2/c1-36(33,34)17-11-15(24)5-4-14(17)12-28(13-18(29)27-7-9-35-10-8-27)23(32)19-21(30)20-16(26-22(19)31)3-2-6-25-20/h2-6,11H,7-10,12-13H2,1H3,(H2,26,30,31). The van der Waals surface area contributed by atoms with Gasteiger partial charge in [-0.05, 0) is 29.8 Å². The van der Waals surface area contributed by atoms with Gasteiger partial charge in [0.25, 0.3) is 11.5 Å². The summed E-state index contributed by atoms with van der Waals surface area (Å²) in [5.74, 6) is -1.38. The first-order valence-electron chi connectivity index (χ1n) is 10.9. The summed E-state index contributed by atoms with van der Waals surface area (Å²) in [7, 11) is -3.89. The van der Waals surface area contributed by atoms with Gasteiger partial charge >= 0.3 is 0 Å². The summed E-state index contributed by atoms with van der Waals surface area (Å²) < 4.78 is 38.5. The molecule has 0 radical (unpaired) electrons. The van der Waals surface area contributed by atoms with Crippen LogP contribution >= 0.6 is 11.8 Å². The topological polar surface area (TPSA) is 141 Å². The molecule has 1 aliphatic heterocycles. The highest BCUT2D eigenvalue weighted by molar-refractivity contribution is 7.99. The molecule has 4 rings (SSSR count). The van der Waals surface area contributed by atoms with E-state index in [0.29, 0.717) is 13.1 Å². The maximum absolute atomic E-state index is 13.9. The number of halogens is 1. The lowest BCUT2D eigenvalue weighted by Crippen LogP contribution is -2.46. The molecule has 10 nitrogen and oxygen atoms in total. The van der Waals surface area contributed by atoms with Gasteiger partial charge in [-0.25, -0.2) is 12.8 Å². The summed E-state index contributed by atoms with van der Waals surface area (Å²) in [6, 6.07) is 6.13. The van der Waals surface area contributed by atoms with Gasteiger partial charge in [0, 0.05) is 43.6 Å². The van der Waals surface area contributed by atoms with Crippen molar-refractivity contribution in [1.29, 1.82) is 0 Å². The number of H-pyrrole nitrogens is 1. The Hall–Kier alpha value is -3.45. The number of benzene rings is 1. The van der Waals surface area contributed by atoms with Crippen LogP contribution in [0, 0.1) is 5.82 Å². The van der Waals surface area contributed by atoms with Crippen LogP contribution < -0.4 is 5.56 Å². The fourth-order valence-electron chi connectivity index (χ4n) is 3.95. The lowest BCUT2D eigenvalue weighted by Gasteiger charge is -2.30. The second-order valence-corrected chi connectivity index (χ2v) is 11.5. The van der Waals surface area contributed by atoms with E-state index in [-0.39, 0.29) is 21.5 Å². The lowest BCUT2D eigenvalue weighted by molar-refractivity contribution is -0.131. The highest BCUT2D eigenvalue weighted by atomic mass is 32.2. The Kier molecular flexibility index (Phi) is 7.31. The van der Waals surface area contributed by atoms with E-state index in [2.05, 4.69) is 9.97 Å². The number of pyridine rings is 2. The second kappa shape index (κ2) is 10.3.